The highest BCUT2D eigenvalue weighted by molar-refractivity contribution is 5.25. The quantitative estimate of drug-likeness (QED) is 0.923. The molecule has 1 heterocycles. The minimum atomic E-state index is 0.0746. The summed E-state index contributed by atoms with van der Waals surface area (Å²) in [5.74, 6) is 1.49. The molecule has 1 aromatic rings. The standard InChI is InChI=1S/C17H27N3O/c1-18-14-9-6-10-15-13(14)11-19-17(20-15)16(21-2)12-7-4-3-5-8-12/h11-12,14,16,18H,3-10H2,1-2H3. The van der Waals surface area contributed by atoms with E-state index in [1.54, 1.807) is 7.11 Å². The molecule has 116 valence electrons. The third-order valence-electron chi connectivity index (χ3n) is 5.14. The first-order valence-corrected chi connectivity index (χ1v) is 8.39. The molecule has 1 saturated carbocycles. The Balaban J connectivity index is 1.84. The molecule has 4 nitrogen and oxygen atoms in total. The van der Waals surface area contributed by atoms with E-state index in [0.29, 0.717) is 12.0 Å². The normalized spacial score (nSPS) is 24.6. The lowest BCUT2D eigenvalue weighted by Gasteiger charge is -2.30. The van der Waals surface area contributed by atoms with Crippen LogP contribution in [-0.2, 0) is 11.2 Å². The molecule has 4 heteroatoms. The van der Waals surface area contributed by atoms with Gasteiger partial charge in [-0.1, -0.05) is 19.3 Å². The Morgan fingerprint density at radius 2 is 2.00 bits per heavy atom. The summed E-state index contributed by atoms with van der Waals surface area (Å²) >= 11 is 0. The fraction of sp³-hybridized carbons (Fsp3) is 0.765. The van der Waals surface area contributed by atoms with Gasteiger partial charge < -0.3 is 10.1 Å². The summed E-state index contributed by atoms with van der Waals surface area (Å²) in [7, 11) is 3.83. The SMILES string of the molecule is CNC1CCCc2nc(C(OC)C3CCCCC3)ncc21. The maximum absolute atomic E-state index is 5.78. The van der Waals surface area contributed by atoms with Crippen molar-refractivity contribution >= 4 is 0 Å². The van der Waals surface area contributed by atoms with E-state index in [1.165, 1.54) is 56.2 Å². The molecule has 2 atom stereocenters. The monoisotopic (exact) mass is 289 g/mol. The Morgan fingerprint density at radius 3 is 2.71 bits per heavy atom. The highest BCUT2D eigenvalue weighted by Gasteiger charge is 2.29. The number of methoxy groups -OCH3 is 1. The number of rotatable bonds is 4. The maximum Gasteiger partial charge on any atom is 0.157 e. The van der Waals surface area contributed by atoms with Gasteiger partial charge in [0, 0.05) is 30.6 Å². The topological polar surface area (TPSA) is 47.0 Å². The number of hydrogen-bond acceptors (Lipinski definition) is 4. The fourth-order valence-corrected chi connectivity index (χ4v) is 3.94. The van der Waals surface area contributed by atoms with Crippen LogP contribution in [0.25, 0.3) is 0 Å². The summed E-state index contributed by atoms with van der Waals surface area (Å²) in [6, 6.07) is 0.415. The van der Waals surface area contributed by atoms with E-state index < -0.39 is 0 Å². The number of ether oxygens (including phenoxy) is 1. The van der Waals surface area contributed by atoms with E-state index in [1.807, 2.05) is 13.2 Å². The first-order chi connectivity index (χ1) is 10.3. The second-order valence-electron chi connectivity index (χ2n) is 6.42. The van der Waals surface area contributed by atoms with Crippen molar-refractivity contribution in [3.8, 4) is 0 Å². The van der Waals surface area contributed by atoms with E-state index in [0.717, 1.165) is 12.2 Å². The lowest BCUT2D eigenvalue weighted by atomic mass is 9.84. The average Bonchev–Trinajstić information content (AvgIpc) is 2.56. The molecule has 2 aliphatic rings. The van der Waals surface area contributed by atoms with Gasteiger partial charge >= 0.3 is 0 Å². The van der Waals surface area contributed by atoms with Crippen LogP contribution in [0.4, 0.5) is 0 Å². The van der Waals surface area contributed by atoms with Crippen molar-refractivity contribution in [1.29, 1.82) is 0 Å². The van der Waals surface area contributed by atoms with Crippen LogP contribution in [0.5, 0.6) is 0 Å². The number of aryl methyl sites for hydroxylation is 1. The smallest absolute Gasteiger partial charge is 0.157 e. The molecule has 21 heavy (non-hydrogen) atoms. The van der Waals surface area contributed by atoms with Crippen LogP contribution in [0.2, 0.25) is 0 Å². The van der Waals surface area contributed by atoms with Gasteiger partial charge in [0.2, 0.25) is 0 Å². The molecular weight excluding hydrogens is 262 g/mol. The van der Waals surface area contributed by atoms with Crippen molar-refractivity contribution in [3.05, 3.63) is 23.3 Å². The Hall–Kier alpha value is -1.00. The van der Waals surface area contributed by atoms with Crippen LogP contribution in [0.15, 0.2) is 6.20 Å². The van der Waals surface area contributed by atoms with Crippen molar-refractivity contribution < 1.29 is 4.74 Å². The molecule has 0 aliphatic heterocycles. The largest absolute Gasteiger partial charge is 0.373 e. The van der Waals surface area contributed by atoms with Gasteiger partial charge in [-0.15, -0.1) is 0 Å². The Labute approximate surface area is 127 Å². The van der Waals surface area contributed by atoms with Crippen LogP contribution in [0.1, 0.15) is 74.2 Å². The van der Waals surface area contributed by atoms with Crippen LogP contribution >= 0.6 is 0 Å². The summed E-state index contributed by atoms with van der Waals surface area (Å²) in [6.45, 7) is 0. The van der Waals surface area contributed by atoms with Gasteiger partial charge in [0.25, 0.3) is 0 Å². The van der Waals surface area contributed by atoms with E-state index in [-0.39, 0.29) is 6.10 Å². The summed E-state index contributed by atoms with van der Waals surface area (Å²) in [6.07, 6.45) is 12.1. The first-order valence-electron chi connectivity index (χ1n) is 8.39. The van der Waals surface area contributed by atoms with Crippen molar-refractivity contribution in [2.45, 2.75) is 63.5 Å². The second kappa shape index (κ2) is 6.84. The molecule has 0 amide bonds. The molecule has 1 fully saturated rings. The molecule has 1 aromatic heterocycles. The zero-order valence-corrected chi connectivity index (χ0v) is 13.3. The van der Waals surface area contributed by atoms with Gasteiger partial charge in [-0.3, -0.25) is 0 Å². The number of nitrogens with zero attached hydrogens (tertiary/aromatic N) is 2. The third-order valence-corrected chi connectivity index (χ3v) is 5.14. The van der Waals surface area contributed by atoms with Crippen LogP contribution in [0, 0.1) is 5.92 Å². The fourth-order valence-electron chi connectivity index (χ4n) is 3.94. The minimum Gasteiger partial charge on any atom is -0.373 e. The molecule has 0 spiro atoms. The van der Waals surface area contributed by atoms with Gasteiger partial charge in [-0.2, -0.15) is 0 Å². The molecule has 0 saturated heterocycles. The molecule has 2 unspecified atom stereocenters. The molecule has 1 N–H and O–H groups in total. The minimum absolute atomic E-state index is 0.0746. The highest BCUT2D eigenvalue weighted by atomic mass is 16.5. The average molecular weight is 289 g/mol. The molecule has 0 bridgehead atoms. The molecular formula is C17H27N3O. The van der Waals surface area contributed by atoms with E-state index in [4.69, 9.17) is 9.72 Å². The van der Waals surface area contributed by atoms with Crippen LogP contribution in [0.3, 0.4) is 0 Å². The number of hydrogen-bond donors (Lipinski definition) is 1. The molecule has 0 radical (unpaired) electrons. The molecule has 2 aliphatic carbocycles. The number of nitrogens with one attached hydrogen (secondary N) is 1. The number of fused-ring (bicyclic) bond motifs is 1. The van der Waals surface area contributed by atoms with Gasteiger partial charge in [0.1, 0.15) is 6.10 Å². The summed E-state index contributed by atoms with van der Waals surface area (Å²) < 4.78 is 5.78. The summed E-state index contributed by atoms with van der Waals surface area (Å²) in [5.41, 5.74) is 2.51. The zero-order valence-electron chi connectivity index (χ0n) is 13.3. The van der Waals surface area contributed by atoms with E-state index >= 15 is 0 Å². The van der Waals surface area contributed by atoms with E-state index in [2.05, 4.69) is 10.3 Å². The van der Waals surface area contributed by atoms with Crippen molar-refractivity contribution in [2.75, 3.05) is 14.2 Å². The predicted octanol–water partition coefficient (Wildman–Crippen LogP) is 3.34. The van der Waals surface area contributed by atoms with Gasteiger partial charge in [-0.05, 0) is 45.1 Å². The Kier molecular flexibility index (Phi) is 4.86. The predicted molar refractivity (Wildman–Crippen MR) is 83.1 cm³/mol. The number of aromatic nitrogens is 2. The lowest BCUT2D eigenvalue weighted by Crippen LogP contribution is -2.25. The van der Waals surface area contributed by atoms with Gasteiger partial charge in [-0.25, -0.2) is 9.97 Å². The van der Waals surface area contributed by atoms with Gasteiger partial charge in [0.15, 0.2) is 5.82 Å². The highest BCUT2D eigenvalue weighted by Crippen LogP contribution is 2.36. The van der Waals surface area contributed by atoms with Crippen molar-refractivity contribution in [3.63, 3.8) is 0 Å². The van der Waals surface area contributed by atoms with Crippen molar-refractivity contribution in [1.82, 2.24) is 15.3 Å². The zero-order chi connectivity index (χ0) is 14.7. The molecule has 3 rings (SSSR count). The van der Waals surface area contributed by atoms with Crippen molar-refractivity contribution in [2.24, 2.45) is 5.92 Å². The Bertz CT molecular complexity index is 471. The lowest BCUT2D eigenvalue weighted by molar-refractivity contribution is 0.0286. The summed E-state index contributed by atoms with van der Waals surface area (Å²) in [4.78, 5) is 9.54. The van der Waals surface area contributed by atoms with Gasteiger partial charge in [0.05, 0.1) is 0 Å². The first kappa shape index (κ1) is 14.9. The maximum atomic E-state index is 5.78. The third kappa shape index (κ3) is 3.11. The van der Waals surface area contributed by atoms with Crippen LogP contribution in [-0.4, -0.2) is 24.1 Å². The van der Waals surface area contributed by atoms with Crippen LogP contribution < -0.4 is 5.32 Å². The summed E-state index contributed by atoms with van der Waals surface area (Å²) in [5, 5.41) is 3.37. The molecule has 0 aromatic carbocycles. The second-order valence-corrected chi connectivity index (χ2v) is 6.42. The van der Waals surface area contributed by atoms with E-state index in [9.17, 15) is 0 Å². The Morgan fingerprint density at radius 1 is 1.19 bits per heavy atom.